The summed E-state index contributed by atoms with van der Waals surface area (Å²) in [5.74, 6) is -1.31. The first-order valence-corrected chi connectivity index (χ1v) is 6.75. The summed E-state index contributed by atoms with van der Waals surface area (Å²) in [6, 6.07) is 8.59. The molecule has 2 rings (SSSR count). The molecule has 1 fully saturated rings. The van der Waals surface area contributed by atoms with E-state index >= 15 is 0 Å². The fraction of sp³-hybridized carbons (Fsp3) is 0.308. The van der Waals surface area contributed by atoms with Gasteiger partial charge < -0.3 is 9.84 Å². The van der Waals surface area contributed by atoms with Gasteiger partial charge in [-0.1, -0.05) is 42.1 Å². The van der Waals surface area contributed by atoms with Gasteiger partial charge >= 0.3 is 5.97 Å². The van der Waals surface area contributed by atoms with Crippen LogP contribution < -0.4 is 0 Å². The number of aliphatic hydroxyl groups is 1. The zero-order valence-corrected chi connectivity index (χ0v) is 11.5. The second-order valence-electron chi connectivity index (χ2n) is 4.13. The summed E-state index contributed by atoms with van der Waals surface area (Å²) in [6.07, 6.45) is -1.56. The highest BCUT2D eigenvalue weighted by molar-refractivity contribution is 8.14. The standard InChI is InChI=1S/C13H13NO5S/c1-19-12(17)11(16)14-9(15)7-10(14)20-13(18)8-5-3-2-4-6-8/h2-6,10-11,16H,7H2,1H3. The maximum atomic E-state index is 12.0. The van der Waals surface area contributed by atoms with Crippen LogP contribution in [0, 0.1) is 0 Å². The van der Waals surface area contributed by atoms with Gasteiger partial charge in [0.2, 0.25) is 17.3 Å². The minimum absolute atomic E-state index is 0.108. The van der Waals surface area contributed by atoms with Crippen molar-refractivity contribution in [2.75, 3.05) is 7.11 Å². The molecule has 0 spiro atoms. The third-order valence-electron chi connectivity index (χ3n) is 2.88. The highest BCUT2D eigenvalue weighted by Gasteiger charge is 2.45. The van der Waals surface area contributed by atoms with Crippen LogP contribution in [0.2, 0.25) is 0 Å². The molecule has 1 aromatic carbocycles. The average Bonchev–Trinajstić information content (AvgIpc) is 2.46. The van der Waals surface area contributed by atoms with E-state index in [1.807, 2.05) is 0 Å². The van der Waals surface area contributed by atoms with E-state index < -0.39 is 17.6 Å². The fourth-order valence-corrected chi connectivity index (χ4v) is 2.87. The van der Waals surface area contributed by atoms with E-state index in [1.165, 1.54) is 0 Å². The number of rotatable bonds is 4. The number of β-lactam (4-membered cyclic amide) rings is 1. The number of carbonyl (C=O) groups is 3. The number of methoxy groups -OCH3 is 1. The molecule has 1 saturated heterocycles. The van der Waals surface area contributed by atoms with E-state index in [0.717, 1.165) is 23.8 Å². The summed E-state index contributed by atoms with van der Waals surface area (Å²) in [5, 5.41) is 8.90. The fourth-order valence-electron chi connectivity index (χ4n) is 1.78. The Bertz CT molecular complexity index is 533. The molecule has 1 aliphatic heterocycles. The lowest BCUT2D eigenvalue weighted by molar-refractivity contribution is -0.176. The van der Waals surface area contributed by atoms with Crippen LogP contribution in [0.3, 0.4) is 0 Å². The van der Waals surface area contributed by atoms with Gasteiger partial charge in [0, 0.05) is 5.56 Å². The SMILES string of the molecule is COC(=O)C(O)N1C(=O)CC1SC(=O)c1ccccc1. The van der Waals surface area contributed by atoms with Gasteiger partial charge in [-0.2, -0.15) is 0 Å². The number of thioether (sulfide) groups is 1. The summed E-state index contributed by atoms with van der Waals surface area (Å²) in [5.41, 5.74) is 0.504. The number of likely N-dealkylation sites (tertiary alicyclic amines) is 1. The van der Waals surface area contributed by atoms with Crippen molar-refractivity contribution in [3.05, 3.63) is 35.9 Å². The number of nitrogens with zero attached hydrogens (tertiary/aromatic N) is 1. The van der Waals surface area contributed by atoms with Gasteiger partial charge in [0.25, 0.3) is 0 Å². The molecule has 2 unspecified atom stereocenters. The van der Waals surface area contributed by atoms with Crippen molar-refractivity contribution in [1.82, 2.24) is 4.90 Å². The van der Waals surface area contributed by atoms with Crippen molar-refractivity contribution in [3.8, 4) is 0 Å². The van der Waals surface area contributed by atoms with Gasteiger partial charge in [0.05, 0.1) is 18.9 Å². The van der Waals surface area contributed by atoms with E-state index in [9.17, 15) is 19.5 Å². The predicted molar refractivity (Wildman–Crippen MR) is 71.6 cm³/mol. The van der Waals surface area contributed by atoms with E-state index in [1.54, 1.807) is 30.3 Å². The Morgan fingerprint density at radius 2 is 2.05 bits per heavy atom. The minimum Gasteiger partial charge on any atom is -0.466 e. The topological polar surface area (TPSA) is 83.9 Å². The second kappa shape index (κ2) is 6.06. The van der Waals surface area contributed by atoms with Gasteiger partial charge in [0.1, 0.15) is 0 Å². The number of hydrogen-bond acceptors (Lipinski definition) is 6. The maximum Gasteiger partial charge on any atom is 0.356 e. The van der Waals surface area contributed by atoms with Crippen LogP contribution in [0.5, 0.6) is 0 Å². The van der Waals surface area contributed by atoms with Crippen molar-refractivity contribution in [2.45, 2.75) is 18.0 Å². The van der Waals surface area contributed by atoms with Gasteiger partial charge in [0.15, 0.2) is 0 Å². The van der Waals surface area contributed by atoms with E-state index in [2.05, 4.69) is 4.74 Å². The first-order chi connectivity index (χ1) is 9.54. The van der Waals surface area contributed by atoms with E-state index in [0.29, 0.717) is 5.56 Å². The summed E-state index contributed by atoms with van der Waals surface area (Å²) < 4.78 is 4.38. The lowest BCUT2D eigenvalue weighted by atomic mass is 10.2. The number of amides is 1. The molecule has 1 N–H and O–H groups in total. The molecule has 0 saturated carbocycles. The van der Waals surface area contributed by atoms with Crippen LogP contribution in [-0.2, 0) is 14.3 Å². The smallest absolute Gasteiger partial charge is 0.356 e. The highest BCUT2D eigenvalue weighted by atomic mass is 32.2. The zero-order valence-electron chi connectivity index (χ0n) is 10.7. The molecule has 106 valence electrons. The number of esters is 1. The van der Waals surface area contributed by atoms with Crippen LogP contribution in [0.1, 0.15) is 16.8 Å². The molecule has 0 aromatic heterocycles. The van der Waals surface area contributed by atoms with Crippen LogP contribution in [-0.4, -0.2) is 45.7 Å². The Kier molecular flexibility index (Phi) is 4.41. The molecule has 1 heterocycles. The molecule has 2 atom stereocenters. The molecule has 20 heavy (non-hydrogen) atoms. The molecule has 1 aromatic rings. The van der Waals surface area contributed by atoms with Crippen LogP contribution in [0.15, 0.2) is 30.3 Å². The highest BCUT2D eigenvalue weighted by Crippen LogP contribution is 2.33. The van der Waals surface area contributed by atoms with Gasteiger partial charge in [-0.25, -0.2) is 4.79 Å². The average molecular weight is 295 g/mol. The summed E-state index contributed by atoms with van der Waals surface area (Å²) >= 11 is 0.906. The quantitative estimate of drug-likeness (QED) is 0.647. The van der Waals surface area contributed by atoms with Crippen LogP contribution in [0.4, 0.5) is 0 Å². The van der Waals surface area contributed by atoms with Crippen molar-refractivity contribution in [1.29, 1.82) is 0 Å². The van der Waals surface area contributed by atoms with Crippen molar-refractivity contribution in [2.24, 2.45) is 0 Å². The number of hydrogen-bond donors (Lipinski definition) is 1. The minimum atomic E-state index is -1.66. The molecular weight excluding hydrogens is 282 g/mol. The van der Waals surface area contributed by atoms with Gasteiger partial charge in [-0.15, -0.1) is 0 Å². The molecule has 0 aliphatic carbocycles. The lowest BCUT2D eigenvalue weighted by Crippen LogP contribution is -2.59. The first kappa shape index (κ1) is 14.5. The molecule has 1 amide bonds. The Balaban J connectivity index is 2.01. The molecule has 1 aliphatic rings. The van der Waals surface area contributed by atoms with E-state index in [4.69, 9.17) is 0 Å². The third kappa shape index (κ3) is 2.83. The molecule has 0 bridgehead atoms. The lowest BCUT2D eigenvalue weighted by Gasteiger charge is -2.40. The first-order valence-electron chi connectivity index (χ1n) is 5.87. The summed E-state index contributed by atoms with van der Waals surface area (Å²) in [7, 11) is 1.12. The van der Waals surface area contributed by atoms with Gasteiger partial charge in [-0.05, 0) is 0 Å². The largest absolute Gasteiger partial charge is 0.466 e. The monoisotopic (exact) mass is 295 g/mol. The second-order valence-corrected chi connectivity index (χ2v) is 5.28. The van der Waals surface area contributed by atoms with Crippen LogP contribution >= 0.6 is 11.8 Å². The Hall–Kier alpha value is -1.86. The van der Waals surface area contributed by atoms with Crippen molar-refractivity contribution in [3.63, 3.8) is 0 Å². The Morgan fingerprint density at radius 1 is 1.40 bits per heavy atom. The molecule has 6 nitrogen and oxygen atoms in total. The maximum absolute atomic E-state index is 12.0. The van der Waals surface area contributed by atoms with E-state index in [-0.39, 0.29) is 17.4 Å². The Morgan fingerprint density at radius 3 is 2.60 bits per heavy atom. The van der Waals surface area contributed by atoms with Gasteiger partial charge in [-0.3, -0.25) is 14.5 Å². The number of ether oxygens (including phenoxy) is 1. The molecular formula is C13H13NO5S. The molecule has 0 radical (unpaired) electrons. The number of benzene rings is 1. The van der Waals surface area contributed by atoms with Crippen molar-refractivity contribution >= 4 is 28.8 Å². The Labute approximate surface area is 119 Å². The predicted octanol–water partition coefficient (Wildman–Crippen LogP) is 0.610. The number of aliphatic hydroxyl groups excluding tert-OH is 1. The van der Waals surface area contributed by atoms with Crippen molar-refractivity contribution < 1.29 is 24.2 Å². The normalized spacial score (nSPS) is 19.2. The summed E-state index contributed by atoms with van der Waals surface area (Å²) in [6.45, 7) is 0. The molecule has 7 heteroatoms. The zero-order chi connectivity index (χ0) is 14.7. The third-order valence-corrected chi connectivity index (χ3v) is 3.99. The summed E-state index contributed by atoms with van der Waals surface area (Å²) in [4.78, 5) is 35.6. The number of carbonyl (C=O) groups excluding carboxylic acids is 3. The van der Waals surface area contributed by atoms with Crippen LogP contribution in [0.25, 0.3) is 0 Å².